The first-order chi connectivity index (χ1) is 12.1. The van der Waals surface area contributed by atoms with Crippen LogP contribution in [0.5, 0.6) is 0 Å². The monoisotopic (exact) mass is 343 g/mol. The topological polar surface area (TPSA) is 78.7 Å². The number of aromatic nitrogens is 4. The van der Waals surface area contributed by atoms with Crippen molar-refractivity contribution in [3.8, 4) is 0 Å². The van der Waals surface area contributed by atoms with Gasteiger partial charge in [0.05, 0.1) is 6.54 Å². The summed E-state index contributed by atoms with van der Waals surface area (Å²) >= 11 is 0. The van der Waals surface area contributed by atoms with Crippen LogP contribution < -0.4 is 10.2 Å². The number of piperidine rings is 1. The molecule has 0 radical (unpaired) electrons. The van der Waals surface area contributed by atoms with E-state index in [4.69, 9.17) is 5.10 Å². The number of rotatable bonds is 5. The second-order valence-corrected chi connectivity index (χ2v) is 7.36. The lowest BCUT2D eigenvalue weighted by molar-refractivity contribution is -0.122. The number of fused-ring (bicyclic) bond motifs is 1. The van der Waals surface area contributed by atoms with Gasteiger partial charge in [0.25, 0.3) is 0 Å². The highest BCUT2D eigenvalue weighted by atomic mass is 16.2. The second-order valence-electron chi connectivity index (χ2n) is 7.36. The van der Waals surface area contributed by atoms with Gasteiger partial charge in [-0.3, -0.25) is 4.79 Å². The molecule has 2 fully saturated rings. The maximum Gasteiger partial charge on any atom is 0.234 e. The van der Waals surface area contributed by atoms with Crippen molar-refractivity contribution in [2.45, 2.75) is 37.6 Å². The van der Waals surface area contributed by atoms with E-state index >= 15 is 0 Å². The highest BCUT2D eigenvalue weighted by Crippen LogP contribution is 2.38. The van der Waals surface area contributed by atoms with Gasteiger partial charge in [0.1, 0.15) is 5.82 Å². The highest BCUT2D eigenvalue weighted by molar-refractivity contribution is 5.78. The lowest BCUT2D eigenvalue weighted by Gasteiger charge is -2.33. The van der Waals surface area contributed by atoms with Gasteiger partial charge in [-0.25, -0.2) is 0 Å². The predicted octanol–water partition coefficient (Wildman–Crippen LogP) is 0.648. The van der Waals surface area contributed by atoms with E-state index in [0.717, 1.165) is 43.2 Å². The van der Waals surface area contributed by atoms with E-state index in [1.807, 2.05) is 35.6 Å². The second kappa shape index (κ2) is 6.59. The van der Waals surface area contributed by atoms with E-state index in [0.29, 0.717) is 12.5 Å². The maximum atomic E-state index is 11.9. The zero-order valence-electron chi connectivity index (χ0n) is 14.9. The normalized spacial score (nSPS) is 18.9. The molecule has 4 rings (SSSR count). The lowest BCUT2D eigenvalue weighted by Crippen LogP contribution is -2.47. The van der Waals surface area contributed by atoms with Gasteiger partial charge in [0, 0.05) is 25.0 Å². The van der Waals surface area contributed by atoms with Crippen molar-refractivity contribution in [3.63, 3.8) is 0 Å². The molecule has 1 amide bonds. The van der Waals surface area contributed by atoms with Crippen molar-refractivity contribution in [1.82, 2.24) is 30.0 Å². The molecule has 3 heterocycles. The van der Waals surface area contributed by atoms with E-state index in [1.54, 1.807) is 0 Å². The Kier molecular flexibility index (Phi) is 4.29. The minimum absolute atomic E-state index is 0.0987. The molecule has 25 heavy (non-hydrogen) atoms. The molecule has 1 N–H and O–H groups in total. The van der Waals surface area contributed by atoms with Crippen LogP contribution in [0.15, 0.2) is 12.1 Å². The van der Waals surface area contributed by atoms with Gasteiger partial charge in [-0.15, -0.1) is 15.3 Å². The van der Waals surface area contributed by atoms with Crippen LogP contribution in [0.4, 0.5) is 5.82 Å². The molecule has 1 saturated carbocycles. The Morgan fingerprint density at radius 2 is 1.96 bits per heavy atom. The fourth-order valence-corrected chi connectivity index (χ4v) is 3.37. The van der Waals surface area contributed by atoms with Gasteiger partial charge in [-0.05, 0) is 51.9 Å². The Morgan fingerprint density at radius 3 is 2.64 bits per heavy atom. The van der Waals surface area contributed by atoms with Crippen molar-refractivity contribution >= 4 is 17.4 Å². The molecule has 1 saturated heterocycles. The van der Waals surface area contributed by atoms with Crippen LogP contribution >= 0.6 is 0 Å². The molecule has 0 bridgehead atoms. The number of nitrogens with zero attached hydrogens (tertiary/aromatic N) is 6. The van der Waals surface area contributed by atoms with Crippen molar-refractivity contribution in [2.75, 3.05) is 38.6 Å². The van der Waals surface area contributed by atoms with Crippen LogP contribution in [0.25, 0.3) is 5.65 Å². The summed E-state index contributed by atoms with van der Waals surface area (Å²) in [5.41, 5.74) is 0.816. The number of carbonyl (C=O) groups is 1. The molecule has 8 nitrogen and oxygen atoms in total. The highest BCUT2D eigenvalue weighted by Gasteiger charge is 2.29. The first-order valence-electron chi connectivity index (χ1n) is 9.01. The van der Waals surface area contributed by atoms with E-state index < -0.39 is 0 Å². The Bertz CT molecular complexity index is 759. The predicted molar refractivity (Wildman–Crippen MR) is 94.7 cm³/mol. The van der Waals surface area contributed by atoms with Gasteiger partial charge in [0.15, 0.2) is 11.5 Å². The third-order valence-electron chi connectivity index (χ3n) is 4.86. The van der Waals surface area contributed by atoms with E-state index in [-0.39, 0.29) is 11.9 Å². The zero-order chi connectivity index (χ0) is 17.4. The van der Waals surface area contributed by atoms with Crippen LogP contribution in [-0.4, -0.2) is 70.4 Å². The number of nitrogens with one attached hydrogen (secondary N) is 1. The molecular formula is C17H25N7O. The van der Waals surface area contributed by atoms with Gasteiger partial charge in [0.2, 0.25) is 5.91 Å². The summed E-state index contributed by atoms with van der Waals surface area (Å²) in [4.78, 5) is 16.1. The quantitative estimate of drug-likeness (QED) is 0.859. The lowest BCUT2D eigenvalue weighted by atomic mass is 10.1. The fourth-order valence-electron chi connectivity index (χ4n) is 3.37. The summed E-state index contributed by atoms with van der Waals surface area (Å²) in [6.45, 7) is 2.23. The molecule has 0 aromatic carbocycles. The first kappa shape index (κ1) is 16.3. The molecule has 1 aliphatic carbocycles. The molecular weight excluding hydrogens is 318 g/mol. The molecule has 8 heteroatoms. The molecule has 0 spiro atoms. The van der Waals surface area contributed by atoms with Crippen molar-refractivity contribution < 1.29 is 4.79 Å². The minimum Gasteiger partial charge on any atom is -0.355 e. The Labute approximate surface area is 147 Å². The Balaban J connectivity index is 1.40. The molecule has 134 valence electrons. The Hall–Kier alpha value is -2.22. The smallest absolute Gasteiger partial charge is 0.234 e. The third-order valence-corrected chi connectivity index (χ3v) is 4.86. The average Bonchev–Trinajstić information content (AvgIpc) is 3.34. The largest absolute Gasteiger partial charge is 0.355 e. The summed E-state index contributed by atoms with van der Waals surface area (Å²) in [7, 11) is 3.82. The summed E-state index contributed by atoms with van der Waals surface area (Å²) in [5, 5.41) is 16.4. The third kappa shape index (κ3) is 3.58. The molecule has 2 aliphatic rings. The number of likely N-dealkylation sites (N-methyl/N-ethyl adjacent to an activating group) is 1. The van der Waals surface area contributed by atoms with Crippen LogP contribution in [0.1, 0.15) is 37.4 Å². The average molecular weight is 343 g/mol. The van der Waals surface area contributed by atoms with Crippen molar-refractivity contribution in [3.05, 3.63) is 18.0 Å². The Morgan fingerprint density at radius 1 is 1.20 bits per heavy atom. The zero-order valence-corrected chi connectivity index (χ0v) is 14.9. The summed E-state index contributed by atoms with van der Waals surface area (Å²) in [6, 6.07) is 4.27. The number of anilines is 1. The van der Waals surface area contributed by atoms with E-state index in [2.05, 4.69) is 20.4 Å². The summed E-state index contributed by atoms with van der Waals surface area (Å²) < 4.78 is 1.90. The summed E-state index contributed by atoms with van der Waals surface area (Å²) in [5.74, 6) is 2.58. The number of carbonyl (C=O) groups excluding carboxylic acids is 1. The maximum absolute atomic E-state index is 11.9. The molecule has 2 aromatic heterocycles. The number of hydrogen-bond acceptors (Lipinski definition) is 6. The number of amides is 1. The molecule has 0 atom stereocenters. The summed E-state index contributed by atoms with van der Waals surface area (Å²) in [6.07, 6.45) is 4.25. The number of hydrogen-bond donors (Lipinski definition) is 1. The molecule has 1 aliphatic heterocycles. The van der Waals surface area contributed by atoms with Gasteiger partial charge >= 0.3 is 0 Å². The van der Waals surface area contributed by atoms with Crippen LogP contribution in [-0.2, 0) is 4.79 Å². The standard InChI is InChI=1S/C17H25N7O/c1-22(2)11-16(25)18-13-7-9-23(10-8-13)15-6-5-14-19-20-17(12-3-4-12)24(14)21-15/h5-6,12-13H,3-4,7-11H2,1-2H3,(H,18,25). The SMILES string of the molecule is CN(C)CC(=O)NC1CCN(c2ccc3nnc(C4CC4)n3n2)CC1. The van der Waals surface area contributed by atoms with Gasteiger partial charge < -0.3 is 15.1 Å². The van der Waals surface area contributed by atoms with Crippen LogP contribution in [0.2, 0.25) is 0 Å². The van der Waals surface area contributed by atoms with Gasteiger partial charge in [-0.2, -0.15) is 4.52 Å². The minimum atomic E-state index is 0.0987. The van der Waals surface area contributed by atoms with Gasteiger partial charge in [-0.1, -0.05) is 0 Å². The van der Waals surface area contributed by atoms with Crippen LogP contribution in [0, 0.1) is 0 Å². The van der Waals surface area contributed by atoms with Crippen molar-refractivity contribution in [2.24, 2.45) is 0 Å². The van der Waals surface area contributed by atoms with Crippen LogP contribution in [0.3, 0.4) is 0 Å². The van der Waals surface area contributed by atoms with Crippen molar-refractivity contribution in [1.29, 1.82) is 0 Å². The van der Waals surface area contributed by atoms with E-state index in [1.165, 1.54) is 12.8 Å². The van der Waals surface area contributed by atoms with E-state index in [9.17, 15) is 4.79 Å². The molecule has 0 unspecified atom stereocenters. The fraction of sp³-hybridized carbons (Fsp3) is 0.647. The molecule has 2 aromatic rings. The first-order valence-corrected chi connectivity index (χ1v) is 9.01.